The van der Waals surface area contributed by atoms with E-state index in [2.05, 4.69) is 34.5 Å². The fourth-order valence-corrected chi connectivity index (χ4v) is 4.73. The maximum Gasteiger partial charge on any atom is 0.320 e. The third kappa shape index (κ3) is 2.00. The first kappa shape index (κ1) is 12.5. The minimum Gasteiger partial charge on any atom is -0.322 e. The molecule has 2 unspecified atom stereocenters. The molecule has 5 heteroatoms. The highest BCUT2D eigenvalue weighted by Gasteiger charge is 2.39. The molecule has 2 atom stereocenters. The number of urea groups is 1. The Morgan fingerprint density at radius 2 is 2.25 bits per heavy atom. The van der Waals surface area contributed by atoms with Gasteiger partial charge in [-0.2, -0.15) is 0 Å². The number of benzene rings is 1. The summed E-state index contributed by atoms with van der Waals surface area (Å²) in [5, 5.41) is 3.38. The summed E-state index contributed by atoms with van der Waals surface area (Å²) in [6, 6.07) is 9.23. The number of nitrogens with zero attached hydrogens (tertiary/aromatic N) is 2. The van der Waals surface area contributed by atoms with E-state index in [0.717, 1.165) is 38.5 Å². The maximum absolute atomic E-state index is 12.5. The Balaban J connectivity index is 1.49. The van der Waals surface area contributed by atoms with E-state index in [1.54, 1.807) is 0 Å². The van der Waals surface area contributed by atoms with Gasteiger partial charge in [0.15, 0.2) is 0 Å². The molecule has 2 saturated heterocycles. The van der Waals surface area contributed by atoms with Crippen molar-refractivity contribution >= 4 is 17.8 Å². The molecule has 3 heterocycles. The zero-order valence-electron chi connectivity index (χ0n) is 11.4. The van der Waals surface area contributed by atoms with Crippen LogP contribution in [0.5, 0.6) is 0 Å². The number of hydrogen-bond donors (Lipinski definition) is 1. The zero-order valence-corrected chi connectivity index (χ0v) is 12.2. The summed E-state index contributed by atoms with van der Waals surface area (Å²) >= 11 is 1.92. The molecule has 1 aromatic carbocycles. The highest BCUT2D eigenvalue weighted by atomic mass is 32.2. The number of thioether (sulfide) groups is 1. The van der Waals surface area contributed by atoms with Gasteiger partial charge < -0.3 is 15.1 Å². The molecule has 1 aromatic rings. The average Bonchev–Trinajstić information content (AvgIpc) is 3.03. The topological polar surface area (TPSA) is 35.6 Å². The van der Waals surface area contributed by atoms with E-state index in [4.69, 9.17) is 0 Å². The molecule has 2 amide bonds. The van der Waals surface area contributed by atoms with Crippen LogP contribution in [-0.2, 0) is 0 Å². The fraction of sp³-hybridized carbons (Fsp3) is 0.533. The molecule has 20 heavy (non-hydrogen) atoms. The van der Waals surface area contributed by atoms with Crippen molar-refractivity contribution in [2.45, 2.75) is 16.9 Å². The van der Waals surface area contributed by atoms with Gasteiger partial charge in [0.2, 0.25) is 0 Å². The molecule has 1 N–H and O–H groups in total. The predicted molar refractivity (Wildman–Crippen MR) is 80.2 cm³/mol. The lowest BCUT2D eigenvalue weighted by Crippen LogP contribution is -2.49. The first-order valence-electron chi connectivity index (χ1n) is 7.31. The van der Waals surface area contributed by atoms with Crippen LogP contribution in [0.4, 0.5) is 4.79 Å². The highest BCUT2D eigenvalue weighted by Crippen LogP contribution is 2.40. The number of hydrogen-bond acceptors (Lipinski definition) is 3. The number of carbonyl (C=O) groups excluding carboxylic acids is 1. The second-order valence-electron chi connectivity index (χ2n) is 5.78. The summed E-state index contributed by atoms with van der Waals surface area (Å²) in [6.07, 6.45) is 0. The van der Waals surface area contributed by atoms with E-state index in [-0.39, 0.29) is 6.03 Å². The first-order valence-corrected chi connectivity index (χ1v) is 8.29. The first-order chi connectivity index (χ1) is 9.83. The second-order valence-corrected chi connectivity index (χ2v) is 6.85. The van der Waals surface area contributed by atoms with E-state index in [1.807, 2.05) is 16.7 Å². The molecule has 0 radical (unpaired) electrons. The van der Waals surface area contributed by atoms with E-state index in [0.29, 0.717) is 12.0 Å². The van der Waals surface area contributed by atoms with Crippen LogP contribution in [0, 0.1) is 0 Å². The number of nitrogens with one attached hydrogen (secondary N) is 1. The van der Waals surface area contributed by atoms with E-state index < -0.39 is 0 Å². The molecule has 106 valence electrons. The third-order valence-electron chi connectivity index (χ3n) is 4.54. The normalized spacial score (nSPS) is 28.7. The SMILES string of the molecule is O=C1N(CC2CSc3ccccc32)CC2CNCCN12. The quantitative estimate of drug-likeness (QED) is 0.898. The average molecular weight is 289 g/mol. The lowest BCUT2D eigenvalue weighted by atomic mass is 10.0. The molecular weight excluding hydrogens is 270 g/mol. The van der Waals surface area contributed by atoms with Crippen LogP contribution in [-0.4, -0.2) is 60.3 Å². The van der Waals surface area contributed by atoms with E-state index >= 15 is 0 Å². The number of fused-ring (bicyclic) bond motifs is 2. The Kier molecular flexibility index (Phi) is 3.11. The maximum atomic E-state index is 12.5. The van der Waals surface area contributed by atoms with Gasteiger partial charge in [0, 0.05) is 49.3 Å². The van der Waals surface area contributed by atoms with Crippen molar-refractivity contribution in [3.05, 3.63) is 29.8 Å². The largest absolute Gasteiger partial charge is 0.322 e. The van der Waals surface area contributed by atoms with Crippen molar-refractivity contribution in [2.24, 2.45) is 0 Å². The molecule has 0 aromatic heterocycles. The van der Waals surface area contributed by atoms with Gasteiger partial charge in [-0.1, -0.05) is 18.2 Å². The minimum atomic E-state index is 0.242. The molecular formula is C15H19N3OS. The molecule has 0 saturated carbocycles. The van der Waals surface area contributed by atoms with Crippen molar-refractivity contribution in [1.82, 2.24) is 15.1 Å². The van der Waals surface area contributed by atoms with Gasteiger partial charge in [0.25, 0.3) is 0 Å². The van der Waals surface area contributed by atoms with Gasteiger partial charge in [0.1, 0.15) is 0 Å². The Morgan fingerprint density at radius 3 is 3.15 bits per heavy atom. The predicted octanol–water partition coefficient (Wildman–Crippen LogP) is 1.59. The number of rotatable bonds is 2. The van der Waals surface area contributed by atoms with Gasteiger partial charge in [-0.05, 0) is 11.6 Å². The molecule has 0 aliphatic carbocycles. The number of piperazine rings is 1. The summed E-state index contributed by atoms with van der Waals surface area (Å²) in [4.78, 5) is 18.0. The number of amides is 2. The third-order valence-corrected chi connectivity index (χ3v) is 5.79. The molecule has 0 bridgehead atoms. The van der Waals surface area contributed by atoms with Crippen molar-refractivity contribution in [1.29, 1.82) is 0 Å². The fourth-order valence-electron chi connectivity index (χ4n) is 3.49. The van der Waals surface area contributed by atoms with E-state index in [9.17, 15) is 4.79 Å². The van der Waals surface area contributed by atoms with Crippen LogP contribution in [0.2, 0.25) is 0 Å². The summed E-state index contributed by atoms with van der Waals surface area (Å²) < 4.78 is 0. The van der Waals surface area contributed by atoms with Gasteiger partial charge in [-0.15, -0.1) is 11.8 Å². The Bertz CT molecular complexity index is 536. The summed E-state index contributed by atoms with van der Waals surface area (Å²) in [7, 11) is 0. The zero-order chi connectivity index (χ0) is 13.5. The second kappa shape index (κ2) is 4.97. The monoisotopic (exact) mass is 289 g/mol. The van der Waals surface area contributed by atoms with Crippen molar-refractivity contribution in [2.75, 3.05) is 38.5 Å². The van der Waals surface area contributed by atoms with E-state index in [1.165, 1.54) is 10.5 Å². The van der Waals surface area contributed by atoms with Gasteiger partial charge >= 0.3 is 6.03 Å². The highest BCUT2D eigenvalue weighted by molar-refractivity contribution is 7.99. The Morgan fingerprint density at radius 1 is 1.35 bits per heavy atom. The standard InChI is InChI=1S/C15H19N3OS/c19-15-17(9-12-7-16-5-6-18(12)15)8-11-10-20-14-4-2-1-3-13(11)14/h1-4,11-12,16H,5-10H2. The Labute approximate surface area is 123 Å². The Hall–Kier alpha value is -1.20. The van der Waals surface area contributed by atoms with Crippen LogP contribution < -0.4 is 5.32 Å². The summed E-state index contributed by atoms with van der Waals surface area (Å²) in [6.45, 7) is 4.48. The van der Waals surface area contributed by atoms with Crippen molar-refractivity contribution in [3.8, 4) is 0 Å². The summed E-state index contributed by atoms with van der Waals surface area (Å²) in [5.41, 5.74) is 1.42. The van der Waals surface area contributed by atoms with Crippen molar-refractivity contribution < 1.29 is 4.79 Å². The van der Waals surface area contributed by atoms with Crippen LogP contribution in [0.15, 0.2) is 29.2 Å². The van der Waals surface area contributed by atoms with Crippen molar-refractivity contribution in [3.63, 3.8) is 0 Å². The van der Waals surface area contributed by atoms with Gasteiger partial charge in [-0.3, -0.25) is 0 Å². The number of carbonyl (C=O) groups is 1. The molecule has 4 nitrogen and oxygen atoms in total. The molecule has 4 rings (SSSR count). The van der Waals surface area contributed by atoms with Crippen LogP contribution >= 0.6 is 11.8 Å². The van der Waals surface area contributed by atoms with Gasteiger partial charge in [0.05, 0.1) is 6.04 Å². The summed E-state index contributed by atoms with van der Waals surface area (Å²) in [5.74, 6) is 1.60. The molecule has 3 aliphatic rings. The molecule has 3 aliphatic heterocycles. The van der Waals surface area contributed by atoms with Crippen LogP contribution in [0.1, 0.15) is 11.5 Å². The lowest BCUT2D eigenvalue weighted by Gasteiger charge is -2.28. The van der Waals surface area contributed by atoms with Crippen LogP contribution in [0.3, 0.4) is 0 Å². The molecule has 2 fully saturated rings. The lowest BCUT2D eigenvalue weighted by molar-refractivity contribution is 0.178. The minimum absolute atomic E-state index is 0.242. The van der Waals surface area contributed by atoms with Gasteiger partial charge in [-0.25, -0.2) is 4.79 Å². The van der Waals surface area contributed by atoms with Crippen LogP contribution in [0.25, 0.3) is 0 Å². The molecule has 0 spiro atoms. The smallest absolute Gasteiger partial charge is 0.320 e.